The molecule has 0 saturated heterocycles. The molecule has 0 saturated carbocycles. The number of ether oxygens (including phenoxy) is 1. The molecule has 0 radical (unpaired) electrons. The van der Waals surface area contributed by atoms with E-state index in [2.05, 4.69) is 35.6 Å². The summed E-state index contributed by atoms with van der Waals surface area (Å²) in [7, 11) is 2.12. The van der Waals surface area contributed by atoms with E-state index >= 15 is 0 Å². The van der Waals surface area contributed by atoms with Crippen LogP contribution >= 0.6 is 0 Å². The molecule has 1 aromatic heterocycles. The zero-order valence-corrected chi connectivity index (χ0v) is 14.1. The Morgan fingerprint density at radius 1 is 1.27 bits per heavy atom. The Bertz CT molecular complexity index is 743. The minimum atomic E-state index is -0.212. The largest absolute Gasteiger partial charge is 0.459 e. The third kappa shape index (κ3) is 2.31. The molecule has 4 heteroatoms. The Balaban J connectivity index is 2.21. The minimum Gasteiger partial charge on any atom is -0.459 e. The topological polar surface area (TPSA) is 34.5 Å². The molecule has 2 heterocycles. The van der Waals surface area contributed by atoms with Gasteiger partial charge in [0.1, 0.15) is 0 Å². The smallest absolute Gasteiger partial charge is 0.340 e. The van der Waals surface area contributed by atoms with Gasteiger partial charge < -0.3 is 9.30 Å². The second kappa shape index (κ2) is 5.43. The van der Waals surface area contributed by atoms with Gasteiger partial charge in [0.15, 0.2) is 0 Å². The summed E-state index contributed by atoms with van der Waals surface area (Å²) in [6.45, 7) is 10.7. The quantitative estimate of drug-likeness (QED) is 0.814. The van der Waals surface area contributed by atoms with Crippen molar-refractivity contribution in [3.05, 3.63) is 34.5 Å². The fourth-order valence-electron chi connectivity index (χ4n) is 3.48. The van der Waals surface area contributed by atoms with Crippen LogP contribution in [0.3, 0.4) is 0 Å². The summed E-state index contributed by atoms with van der Waals surface area (Å²) < 4.78 is 7.67. The van der Waals surface area contributed by atoms with Crippen molar-refractivity contribution in [2.24, 2.45) is 0 Å². The van der Waals surface area contributed by atoms with Crippen molar-refractivity contribution in [2.75, 3.05) is 7.05 Å². The van der Waals surface area contributed by atoms with Gasteiger partial charge >= 0.3 is 5.97 Å². The third-order valence-corrected chi connectivity index (χ3v) is 4.39. The first-order valence-electron chi connectivity index (χ1n) is 7.96. The summed E-state index contributed by atoms with van der Waals surface area (Å²) in [6, 6.07) is 4.43. The number of hydrogen-bond donors (Lipinski definition) is 0. The monoisotopic (exact) mass is 300 g/mol. The van der Waals surface area contributed by atoms with Crippen molar-refractivity contribution in [1.82, 2.24) is 9.47 Å². The van der Waals surface area contributed by atoms with Crippen LogP contribution in [0.15, 0.2) is 12.1 Å². The first-order valence-corrected chi connectivity index (χ1v) is 7.96. The molecule has 0 fully saturated rings. The summed E-state index contributed by atoms with van der Waals surface area (Å²) in [4.78, 5) is 14.8. The Morgan fingerprint density at radius 3 is 2.50 bits per heavy atom. The van der Waals surface area contributed by atoms with E-state index in [0.29, 0.717) is 0 Å². The molecule has 0 N–H and O–H groups in total. The molecule has 0 bridgehead atoms. The van der Waals surface area contributed by atoms with Crippen molar-refractivity contribution in [3.63, 3.8) is 0 Å². The highest BCUT2D eigenvalue weighted by Gasteiger charge is 2.25. The number of hydrogen-bond acceptors (Lipinski definition) is 3. The summed E-state index contributed by atoms with van der Waals surface area (Å²) in [5.41, 5.74) is 5.56. The molecule has 0 unspecified atom stereocenters. The van der Waals surface area contributed by atoms with E-state index in [4.69, 9.17) is 4.74 Å². The second-order valence-corrected chi connectivity index (χ2v) is 6.47. The maximum Gasteiger partial charge on any atom is 0.340 e. The lowest BCUT2D eigenvalue weighted by molar-refractivity contribution is 0.0379. The Hall–Kier alpha value is -1.81. The zero-order chi connectivity index (χ0) is 16.0. The van der Waals surface area contributed by atoms with Gasteiger partial charge in [0.05, 0.1) is 11.7 Å². The van der Waals surface area contributed by atoms with Crippen LogP contribution in [0.5, 0.6) is 0 Å². The number of esters is 1. The number of aromatic nitrogens is 1. The number of carbonyl (C=O) groups is 1. The highest BCUT2D eigenvalue weighted by Crippen LogP contribution is 2.33. The first-order chi connectivity index (χ1) is 10.4. The molecule has 2 aromatic rings. The number of nitrogens with zero attached hydrogens (tertiary/aromatic N) is 2. The van der Waals surface area contributed by atoms with Crippen LogP contribution in [0.4, 0.5) is 0 Å². The average molecular weight is 300 g/mol. The fraction of sp³-hybridized carbons (Fsp3) is 0.500. The van der Waals surface area contributed by atoms with Gasteiger partial charge in [0, 0.05) is 36.2 Å². The fourth-order valence-corrected chi connectivity index (χ4v) is 3.48. The normalized spacial score (nSPS) is 14.8. The van der Waals surface area contributed by atoms with Gasteiger partial charge in [-0.25, -0.2) is 4.79 Å². The molecule has 0 aliphatic carbocycles. The van der Waals surface area contributed by atoms with Crippen LogP contribution in [0.25, 0.3) is 10.9 Å². The van der Waals surface area contributed by atoms with Gasteiger partial charge in [-0.15, -0.1) is 0 Å². The lowest BCUT2D eigenvalue weighted by Gasteiger charge is -2.08. The van der Waals surface area contributed by atoms with E-state index in [1.54, 1.807) is 0 Å². The maximum atomic E-state index is 12.5. The summed E-state index contributed by atoms with van der Waals surface area (Å²) >= 11 is 0. The van der Waals surface area contributed by atoms with E-state index in [1.807, 2.05) is 20.8 Å². The molecule has 1 aliphatic rings. The molecule has 118 valence electrons. The van der Waals surface area contributed by atoms with Gasteiger partial charge in [-0.3, -0.25) is 4.90 Å². The van der Waals surface area contributed by atoms with Gasteiger partial charge in [0.25, 0.3) is 0 Å². The average Bonchev–Trinajstić information content (AvgIpc) is 2.90. The van der Waals surface area contributed by atoms with E-state index in [1.165, 1.54) is 11.1 Å². The van der Waals surface area contributed by atoms with Crippen molar-refractivity contribution in [1.29, 1.82) is 0 Å². The van der Waals surface area contributed by atoms with Gasteiger partial charge in [-0.05, 0) is 58.0 Å². The van der Waals surface area contributed by atoms with Crippen molar-refractivity contribution in [2.45, 2.75) is 53.4 Å². The number of benzene rings is 1. The van der Waals surface area contributed by atoms with Crippen LogP contribution in [0.2, 0.25) is 0 Å². The number of fused-ring (bicyclic) bond motifs is 2. The van der Waals surface area contributed by atoms with Gasteiger partial charge in [0.2, 0.25) is 0 Å². The molecular formula is C18H24N2O2. The highest BCUT2D eigenvalue weighted by molar-refractivity contribution is 6.06. The summed E-state index contributed by atoms with van der Waals surface area (Å²) in [5.74, 6) is -0.212. The van der Waals surface area contributed by atoms with E-state index in [-0.39, 0.29) is 12.1 Å². The molecule has 4 nitrogen and oxygen atoms in total. The van der Waals surface area contributed by atoms with E-state index in [9.17, 15) is 4.79 Å². The van der Waals surface area contributed by atoms with Gasteiger partial charge in [-0.2, -0.15) is 0 Å². The van der Waals surface area contributed by atoms with Crippen LogP contribution in [-0.4, -0.2) is 28.6 Å². The molecule has 0 amide bonds. The number of rotatable bonds is 3. The Labute approximate surface area is 131 Å². The van der Waals surface area contributed by atoms with E-state index in [0.717, 1.165) is 41.8 Å². The molecule has 0 spiro atoms. The zero-order valence-electron chi connectivity index (χ0n) is 14.1. The Morgan fingerprint density at radius 2 is 1.91 bits per heavy atom. The van der Waals surface area contributed by atoms with Crippen LogP contribution in [0, 0.1) is 6.92 Å². The van der Waals surface area contributed by atoms with Crippen molar-refractivity contribution in [3.8, 4) is 0 Å². The van der Waals surface area contributed by atoms with E-state index < -0.39 is 0 Å². The molecule has 0 atom stereocenters. The van der Waals surface area contributed by atoms with Crippen LogP contribution < -0.4 is 0 Å². The predicted molar refractivity (Wildman–Crippen MR) is 88.1 cm³/mol. The molecule has 1 aliphatic heterocycles. The lowest BCUT2D eigenvalue weighted by atomic mass is 10.0. The van der Waals surface area contributed by atoms with Crippen LogP contribution in [-0.2, 0) is 24.4 Å². The lowest BCUT2D eigenvalue weighted by Crippen LogP contribution is -2.13. The number of aryl methyl sites for hydroxylation is 1. The molecule has 1 aromatic carbocycles. The number of carbonyl (C=O) groups excluding carboxylic acids is 1. The summed E-state index contributed by atoms with van der Waals surface area (Å²) in [5, 5.41) is 1.03. The third-order valence-electron chi connectivity index (χ3n) is 4.39. The SMILES string of the molecule is CCn1c(C)c(C(=O)OC(C)C)c2cc3c(cc21)CN(C)C3. The Kier molecular flexibility index (Phi) is 3.73. The van der Waals surface area contributed by atoms with Gasteiger partial charge in [-0.1, -0.05) is 0 Å². The first kappa shape index (κ1) is 15.1. The van der Waals surface area contributed by atoms with Crippen molar-refractivity contribution >= 4 is 16.9 Å². The maximum absolute atomic E-state index is 12.5. The minimum absolute atomic E-state index is 0.104. The van der Waals surface area contributed by atoms with Crippen molar-refractivity contribution < 1.29 is 9.53 Å². The highest BCUT2D eigenvalue weighted by atomic mass is 16.5. The standard InChI is InChI=1S/C18H24N2O2/c1-6-20-12(4)17(18(21)22-11(2)3)15-7-13-9-19(5)10-14(13)8-16(15)20/h7-8,11H,6,9-10H2,1-5H3. The van der Waals surface area contributed by atoms with Crippen LogP contribution in [0.1, 0.15) is 48.0 Å². The summed E-state index contributed by atoms with van der Waals surface area (Å²) in [6.07, 6.45) is -0.104. The second-order valence-electron chi connectivity index (χ2n) is 6.47. The molecule has 22 heavy (non-hydrogen) atoms. The predicted octanol–water partition coefficient (Wildman–Crippen LogP) is 3.48. The molecule has 3 rings (SSSR count). The molecular weight excluding hydrogens is 276 g/mol.